The number of imide groups is 1. The number of fused-ring (bicyclic) bond motifs is 1. The molecule has 1 aliphatic carbocycles. The lowest BCUT2D eigenvalue weighted by atomic mass is 9.89. The van der Waals surface area contributed by atoms with Crippen molar-refractivity contribution in [2.45, 2.75) is 44.2 Å². The van der Waals surface area contributed by atoms with Crippen LogP contribution in [0.1, 0.15) is 38.1 Å². The van der Waals surface area contributed by atoms with E-state index >= 15 is 0 Å². The van der Waals surface area contributed by atoms with E-state index < -0.39 is 11.6 Å². The summed E-state index contributed by atoms with van der Waals surface area (Å²) in [6.45, 7) is 0. The summed E-state index contributed by atoms with van der Waals surface area (Å²) >= 11 is 0. The van der Waals surface area contributed by atoms with Crippen LogP contribution in [0, 0.1) is 0 Å². The zero-order chi connectivity index (χ0) is 16.8. The first-order valence-corrected chi connectivity index (χ1v) is 8.07. The fourth-order valence-corrected chi connectivity index (χ4v) is 3.35. The highest BCUT2D eigenvalue weighted by Gasteiger charge is 2.42. The molecule has 1 aromatic heterocycles. The second-order valence-corrected chi connectivity index (χ2v) is 6.32. The minimum Gasteiger partial charge on any atom is -0.397 e. The van der Waals surface area contributed by atoms with Gasteiger partial charge in [0.1, 0.15) is 11.6 Å². The number of rotatable bonds is 2. The van der Waals surface area contributed by atoms with Crippen LogP contribution >= 0.6 is 0 Å². The highest BCUT2D eigenvalue weighted by molar-refractivity contribution is 6.00. The molecule has 2 fully saturated rings. The molecule has 24 heavy (non-hydrogen) atoms. The minimum absolute atomic E-state index is 0.0347. The summed E-state index contributed by atoms with van der Waals surface area (Å²) < 4.78 is 1.10. The Morgan fingerprint density at radius 2 is 1.92 bits per heavy atom. The Kier molecular flexibility index (Phi) is 3.33. The second kappa shape index (κ2) is 5.40. The number of hydrogen-bond acceptors (Lipinski definition) is 6. The van der Waals surface area contributed by atoms with Crippen LogP contribution in [0.25, 0.3) is 10.9 Å². The van der Waals surface area contributed by atoms with Gasteiger partial charge in [-0.25, -0.2) is 0 Å². The largest absolute Gasteiger partial charge is 0.397 e. The van der Waals surface area contributed by atoms with E-state index in [2.05, 4.69) is 10.3 Å². The van der Waals surface area contributed by atoms with E-state index in [-0.39, 0.29) is 30.7 Å². The van der Waals surface area contributed by atoms with Crippen molar-refractivity contribution >= 4 is 28.4 Å². The highest BCUT2D eigenvalue weighted by Crippen LogP contribution is 2.32. The lowest BCUT2D eigenvalue weighted by molar-refractivity contribution is -0.156. The number of carbonyl (C=O) groups excluding carboxylic acids is 2. The fourth-order valence-electron chi connectivity index (χ4n) is 3.35. The first kappa shape index (κ1) is 14.8. The van der Waals surface area contributed by atoms with Crippen molar-refractivity contribution in [3.8, 4) is 0 Å². The van der Waals surface area contributed by atoms with Crippen molar-refractivity contribution in [2.75, 3.05) is 5.73 Å². The summed E-state index contributed by atoms with van der Waals surface area (Å²) in [4.78, 5) is 38.9. The van der Waals surface area contributed by atoms with Crippen LogP contribution in [0.2, 0.25) is 0 Å². The van der Waals surface area contributed by atoms with Gasteiger partial charge in [0.2, 0.25) is 5.91 Å². The van der Waals surface area contributed by atoms with Crippen LogP contribution < -0.4 is 11.3 Å². The lowest BCUT2D eigenvalue weighted by Gasteiger charge is -2.40. The molecule has 8 heteroatoms. The molecule has 8 nitrogen and oxygen atoms in total. The van der Waals surface area contributed by atoms with Crippen molar-refractivity contribution in [1.82, 2.24) is 19.9 Å². The van der Waals surface area contributed by atoms with Crippen molar-refractivity contribution in [3.63, 3.8) is 0 Å². The lowest BCUT2D eigenvalue weighted by Crippen LogP contribution is -2.54. The fraction of sp³-hybridized carbons (Fsp3) is 0.438. The second-order valence-electron chi connectivity index (χ2n) is 6.32. The average Bonchev–Trinajstić information content (AvgIpc) is 2.52. The molecule has 1 saturated carbocycles. The molecule has 1 saturated heterocycles. The zero-order valence-electron chi connectivity index (χ0n) is 13.0. The van der Waals surface area contributed by atoms with Crippen LogP contribution in [0.5, 0.6) is 0 Å². The molecule has 1 aliphatic heterocycles. The maximum Gasteiger partial charge on any atom is 0.278 e. The Hall–Kier alpha value is -2.77. The smallest absolute Gasteiger partial charge is 0.278 e. The zero-order valence-corrected chi connectivity index (χ0v) is 13.0. The summed E-state index contributed by atoms with van der Waals surface area (Å²) in [5, 5.41) is 8.25. The molecule has 124 valence electrons. The average molecular weight is 327 g/mol. The molecular formula is C16H17N5O3. The van der Waals surface area contributed by atoms with Gasteiger partial charge >= 0.3 is 0 Å². The van der Waals surface area contributed by atoms with Crippen molar-refractivity contribution < 1.29 is 9.59 Å². The summed E-state index contributed by atoms with van der Waals surface area (Å²) in [7, 11) is 0. The SMILES string of the molecule is Nc1cccc2c(=O)n(C3CCC(=O)N(C4CCC4)C3=O)nnc12. The van der Waals surface area contributed by atoms with Crippen LogP contribution in [0.3, 0.4) is 0 Å². The number of aromatic nitrogens is 3. The number of piperidine rings is 1. The number of nitrogen functional groups attached to an aromatic ring is 1. The number of amides is 2. The first-order valence-electron chi connectivity index (χ1n) is 8.07. The van der Waals surface area contributed by atoms with E-state index in [1.54, 1.807) is 18.2 Å². The van der Waals surface area contributed by atoms with Crippen LogP contribution in [-0.4, -0.2) is 37.7 Å². The number of anilines is 1. The van der Waals surface area contributed by atoms with Crippen LogP contribution in [0.4, 0.5) is 5.69 Å². The van der Waals surface area contributed by atoms with E-state index in [9.17, 15) is 14.4 Å². The number of nitrogens with zero attached hydrogens (tertiary/aromatic N) is 4. The van der Waals surface area contributed by atoms with E-state index in [1.807, 2.05) is 0 Å². The Balaban J connectivity index is 1.77. The van der Waals surface area contributed by atoms with Crippen LogP contribution in [-0.2, 0) is 9.59 Å². The van der Waals surface area contributed by atoms with Crippen molar-refractivity contribution in [1.29, 1.82) is 0 Å². The molecule has 1 atom stereocenters. The van der Waals surface area contributed by atoms with Crippen molar-refractivity contribution in [2.24, 2.45) is 0 Å². The third-order valence-corrected chi connectivity index (χ3v) is 4.90. The summed E-state index contributed by atoms with van der Waals surface area (Å²) in [6.07, 6.45) is 3.18. The molecule has 1 aromatic carbocycles. The van der Waals surface area contributed by atoms with Gasteiger partial charge in [-0.3, -0.25) is 19.3 Å². The standard InChI is InChI=1S/C16H17N5O3/c17-11-6-2-5-10-14(11)18-19-21(15(10)23)12-7-8-13(22)20(16(12)24)9-3-1-4-9/h2,5-6,9,12H,1,3-4,7-8,17H2. The van der Waals surface area contributed by atoms with Gasteiger partial charge in [-0.1, -0.05) is 11.3 Å². The molecule has 4 rings (SSSR count). The maximum atomic E-state index is 12.8. The number of hydrogen-bond donors (Lipinski definition) is 1. The number of nitrogens with two attached hydrogens (primary N) is 1. The van der Waals surface area contributed by atoms with E-state index in [4.69, 9.17) is 5.73 Å². The molecule has 1 unspecified atom stereocenters. The van der Waals surface area contributed by atoms with E-state index in [0.29, 0.717) is 16.6 Å². The quantitative estimate of drug-likeness (QED) is 0.639. The van der Waals surface area contributed by atoms with Crippen molar-refractivity contribution in [3.05, 3.63) is 28.6 Å². The van der Waals surface area contributed by atoms with Gasteiger partial charge in [-0.05, 0) is 37.8 Å². The van der Waals surface area contributed by atoms with Gasteiger partial charge in [0.25, 0.3) is 11.5 Å². The van der Waals surface area contributed by atoms with Gasteiger partial charge in [-0.2, -0.15) is 4.68 Å². The Bertz CT molecular complexity index is 902. The minimum atomic E-state index is -0.783. The molecule has 0 spiro atoms. The predicted molar refractivity (Wildman–Crippen MR) is 86.0 cm³/mol. The Morgan fingerprint density at radius 3 is 2.62 bits per heavy atom. The monoisotopic (exact) mass is 327 g/mol. The van der Waals surface area contributed by atoms with E-state index in [0.717, 1.165) is 23.9 Å². The summed E-state index contributed by atoms with van der Waals surface area (Å²) in [6, 6.07) is 4.10. The maximum absolute atomic E-state index is 12.8. The number of benzene rings is 1. The first-order chi connectivity index (χ1) is 11.6. The summed E-state index contributed by atoms with van der Waals surface area (Å²) in [5.41, 5.74) is 6.10. The van der Waals surface area contributed by atoms with Gasteiger partial charge in [0.05, 0.1) is 11.1 Å². The Labute approximate surface area is 137 Å². The molecule has 0 radical (unpaired) electrons. The normalized spacial score (nSPS) is 22.0. The molecule has 2 amide bonds. The Morgan fingerprint density at radius 1 is 1.12 bits per heavy atom. The molecule has 2 aromatic rings. The molecule has 2 aliphatic rings. The third kappa shape index (κ3) is 2.10. The van der Waals surface area contributed by atoms with Crippen LogP contribution in [0.15, 0.2) is 23.0 Å². The summed E-state index contributed by atoms with van der Waals surface area (Å²) in [5.74, 6) is -0.511. The molecule has 2 heterocycles. The molecule has 0 bridgehead atoms. The number of likely N-dealkylation sites (tertiary alicyclic amines) is 1. The topological polar surface area (TPSA) is 111 Å². The van der Waals surface area contributed by atoms with Gasteiger partial charge in [0, 0.05) is 12.5 Å². The molecule has 2 N–H and O–H groups in total. The van der Waals surface area contributed by atoms with E-state index in [1.165, 1.54) is 4.90 Å². The predicted octanol–water partition coefficient (Wildman–Crippen LogP) is 0.616. The number of carbonyl (C=O) groups is 2. The van der Waals surface area contributed by atoms with Gasteiger partial charge in [0.15, 0.2) is 0 Å². The van der Waals surface area contributed by atoms with Gasteiger partial charge < -0.3 is 5.73 Å². The third-order valence-electron chi connectivity index (χ3n) is 4.90. The van der Waals surface area contributed by atoms with Gasteiger partial charge in [-0.15, -0.1) is 5.10 Å². The highest BCUT2D eigenvalue weighted by atomic mass is 16.2. The molecular weight excluding hydrogens is 310 g/mol.